The zero-order valence-corrected chi connectivity index (χ0v) is 22.4. The van der Waals surface area contributed by atoms with Gasteiger partial charge in [-0.05, 0) is 74.1 Å². The summed E-state index contributed by atoms with van der Waals surface area (Å²) in [4.78, 5) is 11.4. The average Bonchev–Trinajstić information content (AvgIpc) is 2.88. The van der Waals surface area contributed by atoms with Crippen LogP contribution in [0.15, 0.2) is 83.8 Å². The Hall–Kier alpha value is -3.04. The first-order valence-electron chi connectivity index (χ1n) is 12.3. The highest BCUT2D eigenvalue weighted by atomic mass is 32.2. The highest BCUT2D eigenvalue weighted by Crippen LogP contribution is 2.25. The number of carboxylic acids is 1. The Labute approximate surface area is 219 Å². The Bertz CT molecular complexity index is 1290. The first-order chi connectivity index (χ1) is 17.5. The molecule has 3 rings (SSSR count). The molecule has 0 saturated heterocycles. The van der Waals surface area contributed by atoms with Crippen LogP contribution in [0.5, 0.6) is 0 Å². The lowest BCUT2D eigenvalue weighted by Crippen LogP contribution is -2.46. The van der Waals surface area contributed by atoms with Crippen molar-refractivity contribution in [1.29, 1.82) is 0 Å². The molecular weight excluding hydrogens is 488 g/mol. The molecule has 8 heteroatoms. The molecule has 0 saturated carbocycles. The van der Waals surface area contributed by atoms with Crippen LogP contribution in [-0.2, 0) is 16.4 Å². The maximum absolute atomic E-state index is 13.2. The van der Waals surface area contributed by atoms with Crippen molar-refractivity contribution in [3.8, 4) is 11.1 Å². The number of aliphatic hydroxyl groups is 1. The van der Waals surface area contributed by atoms with Crippen LogP contribution in [0.25, 0.3) is 11.1 Å². The van der Waals surface area contributed by atoms with E-state index in [4.69, 9.17) is 0 Å². The van der Waals surface area contributed by atoms with Gasteiger partial charge in [0, 0.05) is 25.7 Å². The van der Waals surface area contributed by atoms with Gasteiger partial charge < -0.3 is 15.5 Å². The first kappa shape index (κ1) is 28.5. The number of hydrogen-bond acceptors (Lipinski definition) is 5. The number of carboxylic acid groups (broad SMARTS) is 1. The number of β-amino-alcohol motifs (C(OH)–C–C–N with tert-alkyl or cyclic N) is 1. The molecule has 37 heavy (non-hydrogen) atoms. The van der Waals surface area contributed by atoms with Crippen molar-refractivity contribution in [2.24, 2.45) is 0 Å². The van der Waals surface area contributed by atoms with E-state index in [2.05, 4.69) is 31.3 Å². The van der Waals surface area contributed by atoms with Crippen LogP contribution in [0.3, 0.4) is 0 Å². The van der Waals surface area contributed by atoms with E-state index in [1.54, 1.807) is 24.3 Å². The molecule has 0 heterocycles. The standard InChI is InChI=1S/C29H36N2O5S/c1-29(2,17-9-12-22-10-5-4-6-11-22)30-20-26(32)21-31(3)37(35,36)27-16-8-14-24(19-27)23-13-7-15-25(18-23)28(33)34/h4-8,10-11,13-16,18-19,26,30,32H,9,12,17,20-21H2,1-3H3,(H,33,34)/t26-/m1/s1. The minimum absolute atomic E-state index is 0.0614. The minimum atomic E-state index is -3.86. The molecule has 0 bridgehead atoms. The van der Waals surface area contributed by atoms with Gasteiger partial charge in [0.25, 0.3) is 0 Å². The Morgan fingerprint density at radius 1 is 0.973 bits per heavy atom. The van der Waals surface area contributed by atoms with Gasteiger partial charge in [0.1, 0.15) is 0 Å². The third-order valence-corrected chi connectivity index (χ3v) is 8.20. The molecule has 0 aliphatic rings. The number of aromatic carboxylic acids is 1. The van der Waals surface area contributed by atoms with Crippen LogP contribution in [0.4, 0.5) is 0 Å². The highest BCUT2D eigenvalue weighted by molar-refractivity contribution is 7.89. The summed E-state index contributed by atoms with van der Waals surface area (Å²) in [6.07, 6.45) is 2.01. The SMILES string of the molecule is CN(C[C@H](O)CNC(C)(C)CCCc1ccccc1)S(=O)(=O)c1cccc(-c2cccc(C(=O)O)c2)c1. The summed E-state index contributed by atoms with van der Waals surface area (Å²) in [6.45, 7) is 4.36. The molecule has 0 aliphatic carbocycles. The number of nitrogens with one attached hydrogen (secondary N) is 1. The molecule has 0 amide bonds. The lowest BCUT2D eigenvalue weighted by atomic mass is 9.95. The van der Waals surface area contributed by atoms with Crippen molar-refractivity contribution in [3.63, 3.8) is 0 Å². The van der Waals surface area contributed by atoms with E-state index in [-0.39, 0.29) is 29.1 Å². The van der Waals surface area contributed by atoms with Crippen molar-refractivity contribution < 1.29 is 23.4 Å². The van der Waals surface area contributed by atoms with Gasteiger partial charge in [-0.15, -0.1) is 0 Å². The quantitative estimate of drug-likeness (QED) is 0.306. The molecule has 198 valence electrons. The van der Waals surface area contributed by atoms with Crippen molar-refractivity contribution >= 4 is 16.0 Å². The Morgan fingerprint density at radius 3 is 2.30 bits per heavy atom. The van der Waals surface area contributed by atoms with E-state index in [0.717, 1.165) is 23.6 Å². The van der Waals surface area contributed by atoms with Crippen LogP contribution in [0, 0.1) is 0 Å². The smallest absolute Gasteiger partial charge is 0.335 e. The summed E-state index contributed by atoms with van der Waals surface area (Å²) < 4.78 is 27.6. The molecule has 0 aliphatic heterocycles. The van der Waals surface area contributed by atoms with E-state index in [1.807, 2.05) is 18.2 Å². The van der Waals surface area contributed by atoms with Crippen LogP contribution in [0.2, 0.25) is 0 Å². The zero-order valence-electron chi connectivity index (χ0n) is 21.6. The van der Waals surface area contributed by atoms with Crippen molar-refractivity contribution in [2.75, 3.05) is 20.1 Å². The molecule has 0 spiro atoms. The number of nitrogens with zero attached hydrogens (tertiary/aromatic N) is 1. The maximum Gasteiger partial charge on any atom is 0.335 e. The van der Waals surface area contributed by atoms with Crippen molar-refractivity contribution in [2.45, 2.75) is 49.6 Å². The number of rotatable bonds is 13. The van der Waals surface area contributed by atoms with Crippen LogP contribution in [-0.4, -0.2) is 60.7 Å². The zero-order chi connectivity index (χ0) is 27.1. The van der Waals surface area contributed by atoms with E-state index in [9.17, 15) is 23.4 Å². The van der Waals surface area contributed by atoms with Gasteiger partial charge in [-0.3, -0.25) is 0 Å². The summed E-state index contributed by atoms with van der Waals surface area (Å²) in [5.41, 5.74) is 2.42. The third-order valence-electron chi connectivity index (χ3n) is 6.38. The Kier molecular flexibility index (Phi) is 9.62. The number of aliphatic hydroxyl groups excluding tert-OH is 1. The van der Waals surface area contributed by atoms with Crippen molar-refractivity contribution in [1.82, 2.24) is 9.62 Å². The average molecular weight is 525 g/mol. The molecule has 1 atom stereocenters. The van der Waals surface area contributed by atoms with Gasteiger partial charge in [0.2, 0.25) is 10.0 Å². The molecule has 3 aromatic rings. The Morgan fingerprint density at radius 2 is 1.62 bits per heavy atom. The number of aryl methyl sites for hydroxylation is 1. The molecule has 3 aromatic carbocycles. The molecule has 7 nitrogen and oxygen atoms in total. The largest absolute Gasteiger partial charge is 0.478 e. The third kappa shape index (κ3) is 8.23. The lowest BCUT2D eigenvalue weighted by molar-refractivity contribution is 0.0697. The van der Waals surface area contributed by atoms with E-state index in [0.29, 0.717) is 11.1 Å². The fourth-order valence-corrected chi connectivity index (χ4v) is 5.42. The van der Waals surface area contributed by atoms with Gasteiger partial charge in [-0.25, -0.2) is 13.2 Å². The number of carbonyl (C=O) groups is 1. The molecule has 0 unspecified atom stereocenters. The fraction of sp³-hybridized carbons (Fsp3) is 0.345. The highest BCUT2D eigenvalue weighted by Gasteiger charge is 2.25. The molecule has 0 fully saturated rings. The van der Waals surface area contributed by atoms with E-state index < -0.39 is 22.1 Å². The van der Waals surface area contributed by atoms with Crippen LogP contribution >= 0.6 is 0 Å². The number of sulfonamides is 1. The van der Waals surface area contributed by atoms with Gasteiger partial charge in [-0.2, -0.15) is 4.31 Å². The first-order valence-corrected chi connectivity index (χ1v) is 13.8. The number of likely N-dealkylation sites (N-methyl/N-ethyl adjacent to an activating group) is 1. The lowest BCUT2D eigenvalue weighted by Gasteiger charge is -2.29. The van der Waals surface area contributed by atoms with Gasteiger partial charge >= 0.3 is 5.97 Å². The fourth-order valence-electron chi connectivity index (χ4n) is 4.17. The molecular formula is C29H36N2O5S. The van der Waals surface area contributed by atoms with Crippen LogP contribution in [0.1, 0.15) is 42.6 Å². The predicted octanol–water partition coefficient (Wildman–Crippen LogP) is 4.42. The minimum Gasteiger partial charge on any atom is -0.478 e. The summed E-state index contributed by atoms with van der Waals surface area (Å²) in [5.74, 6) is -1.05. The van der Waals surface area contributed by atoms with Crippen LogP contribution < -0.4 is 5.32 Å². The Balaban J connectivity index is 1.57. The van der Waals surface area contributed by atoms with Gasteiger partial charge in [-0.1, -0.05) is 54.6 Å². The summed E-state index contributed by atoms with van der Waals surface area (Å²) in [7, 11) is -2.41. The van der Waals surface area contributed by atoms with E-state index in [1.165, 1.54) is 36.9 Å². The predicted molar refractivity (Wildman–Crippen MR) is 146 cm³/mol. The molecule has 3 N–H and O–H groups in total. The van der Waals surface area contributed by atoms with Crippen molar-refractivity contribution in [3.05, 3.63) is 90.0 Å². The molecule has 0 aromatic heterocycles. The van der Waals surface area contributed by atoms with Gasteiger partial charge in [0.15, 0.2) is 0 Å². The second-order valence-electron chi connectivity index (χ2n) is 9.96. The van der Waals surface area contributed by atoms with Gasteiger partial charge in [0.05, 0.1) is 16.6 Å². The topological polar surface area (TPSA) is 107 Å². The summed E-state index contributed by atoms with van der Waals surface area (Å²) in [6, 6.07) is 23.0. The number of hydrogen-bond donors (Lipinski definition) is 3. The molecule has 0 radical (unpaired) electrons. The summed E-state index contributed by atoms with van der Waals surface area (Å²) >= 11 is 0. The summed E-state index contributed by atoms with van der Waals surface area (Å²) in [5, 5.41) is 23.2. The second kappa shape index (κ2) is 12.5. The maximum atomic E-state index is 13.2. The normalized spacial score (nSPS) is 13.0. The van der Waals surface area contributed by atoms with E-state index >= 15 is 0 Å². The number of benzene rings is 3. The monoisotopic (exact) mass is 524 g/mol. The second-order valence-corrected chi connectivity index (χ2v) is 12.0.